The lowest BCUT2D eigenvalue weighted by Gasteiger charge is -2.30. The predicted octanol–water partition coefficient (Wildman–Crippen LogP) is 1.49. The smallest absolute Gasteiger partial charge is 0.215 e. The van der Waals surface area contributed by atoms with Gasteiger partial charge in [0.1, 0.15) is 0 Å². The van der Waals surface area contributed by atoms with Crippen molar-refractivity contribution in [3.8, 4) is 0 Å². The van der Waals surface area contributed by atoms with Gasteiger partial charge < -0.3 is 4.74 Å². The molecule has 0 spiro atoms. The minimum absolute atomic E-state index is 0.284. The summed E-state index contributed by atoms with van der Waals surface area (Å²) in [5.74, 6) is 0.284. The number of ether oxygens (including phenoxy) is 1. The maximum absolute atomic E-state index is 12.1. The van der Waals surface area contributed by atoms with E-state index in [1.165, 1.54) is 0 Å². The number of rotatable bonds is 5. The molecule has 1 aliphatic heterocycles. The summed E-state index contributed by atoms with van der Waals surface area (Å²) in [5.41, 5.74) is -0.543. The molecule has 16 heavy (non-hydrogen) atoms. The molecule has 0 bridgehead atoms. The van der Waals surface area contributed by atoms with Crippen LogP contribution in [0, 0.1) is 0 Å². The van der Waals surface area contributed by atoms with Crippen molar-refractivity contribution in [3.05, 3.63) is 0 Å². The van der Waals surface area contributed by atoms with E-state index < -0.39 is 15.6 Å². The van der Waals surface area contributed by atoms with Crippen molar-refractivity contribution in [1.82, 2.24) is 4.72 Å². The van der Waals surface area contributed by atoms with E-state index in [9.17, 15) is 8.42 Å². The average Bonchev–Trinajstić information content (AvgIpc) is 2.29. The Hall–Kier alpha value is 0.160. The molecule has 1 N–H and O–H groups in total. The van der Waals surface area contributed by atoms with Gasteiger partial charge in [0, 0.05) is 24.6 Å². The quantitative estimate of drug-likeness (QED) is 0.770. The van der Waals surface area contributed by atoms with Crippen molar-refractivity contribution in [2.75, 3.05) is 19.1 Å². The molecule has 1 aliphatic rings. The maximum atomic E-state index is 12.1. The summed E-state index contributed by atoms with van der Waals surface area (Å²) in [5, 5.41) is -0.338. The summed E-state index contributed by atoms with van der Waals surface area (Å²) in [4.78, 5) is 0. The van der Waals surface area contributed by atoms with Crippen molar-refractivity contribution in [3.63, 3.8) is 0 Å². The molecule has 96 valence electrons. The molecular weight excluding hydrogens is 250 g/mol. The van der Waals surface area contributed by atoms with Crippen LogP contribution in [0.3, 0.4) is 0 Å². The van der Waals surface area contributed by atoms with Crippen LogP contribution in [0.25, 0.3) is 0 Å². The molecule has 1 rings (SSSR count). The molecule has 1 unspecified atom stereocenters. The van der Waals surface area contributed by atoms with Crippen molar-refractivity contribution >= 4 is 21.6 Å². The van der Waals surface area contributed by atoms with Gasteiger partial charge in [-0.1, -0.05) is 6.92 Å². The van der Waals surface area contributed by atoms with Crippen LogP contribution < -0.4 is 4.72 Å². The van der Waals surface area contributed by atoms with Gasteiger partial charge in [-0.25, -0.2) is 13.1 Å². The first-order valence-electron chi connectivity index (χ1n) is 5.60. The van der Waals surface area contributed by atoms with E-state index in [2.05, 4.69) is 4.72 Å². The molecule has 1 saturated heterocycles. The van der Waals surface area contributed by atoms with Gasteiger partial charge in [-0.15, -0.1) is 11.6 Å². The van der Waals surface area contributed by atoms with E-state index in [4.69, 9.17) is 16.3 Å². The SMILES string of the molecule is CCC(C)(CCl)NS(=O)(=O)C1CCOCC1. The number of alkyl halides is 1. The van der Waals surface area contributed by atoms with E-state index in [0.29, 0.717) is 32.5 Å². The van der Waals surface area contributed by atoms with Crippen LogP contribution in [0.15, 0.2) is 0 Å². The molecule has 4 nitrogen and oxygen atoms in total. The van der Waals surface area contributed by atoms with Crippen molar-refractivity contribution in [2.24, 2.45) is 0 Å². The zero-order chi connectivity index (χ0) is 12.2. The highest BCUT2D eigenvalue weighted by molar-refractivity contribution is 7.90. The summed E-state index contributed by atoms with van der Waals surface area (Å²) in [6, 6.07) is 0. The minimum Gasteiger partial charge on any atom is -0.381 e. The zero-order valence-corrected chi connectivity index (χ0v) is 11.4. The topological polar surface area (TPSA) is 55.4 Å². The molecule has 0 aromatic heterocycles. The van der Waals surface area contributed by atoms with Crippen molar-refractivity contribution in [1.29, 1.82) is 0 Å². The van der Waals surface area contributed by atoms with E-state index >= 15 is 0 Å². The molecule has 0 radical (unpaired) electrons. The zero-order valence-electron chi connectivity index (χ0n) is 9.83. The fourth-order valence-corrected chi connectivity index (χ4v) is 3.83. The Balaban J connectivity index is 2.70. The van der Waals surface area contributed by atoms with Gasteiger partial charge in [0.05, 0.1) is 5.25 Å². The Labute approximate surface area is 103 Å². The van der Waals surface area contributed by atoms with E-state index in [1.54, 1.807) is 0 Å². The van der Waals surface area contributed by atoms with Gasteiger partial charge in [-0.2, -0.15) is 0 Å². The summed E-state index contributed by atoms with van der Waals surface area (Å²) in [7, 11) is -3.28. The largest absolute Gasteiger partial charge is 0.381 e. The van der Waals surface area contributed by atoms with Crippen LogP contribution in [-0.4, -0.2) is 38.3 Å². The lowest BCUT2D eigenvalue weighted by molar-refractivity contribution is 0.0979. The normalized spacial score (nSPS) is 22.9. The average molecular weight is 270 g/mol. The Kier molecular flexibility index (Phi) is 5.04. The molecule has 0 aromatic rings. The van der Waals surface area contributed by atoms with Crippen LogP contribution in [0.2, 0.25) is 0 Å². The number of hydrogen-bond acceptors (Lipinski definition) is 3. The van der Waals surface area contributed by atoms with Crippen molar-refractivity contribution in [2.45, 2.75) is 43.9 Å². The number of hydrogen-bond donors (Lipinski definition) is 1. The number of halogens is 1. The second-order valence-electron chi connectivity index (χ2n) is 4.51. The first-order chi connectivity index (χ1) is 7.43. The molecule has 1 heterocycles. The molecule has 0 aromatic carbocycles. The lowest BCUT2D eigenvalue weighted by Crippen LogP contribution is -2.51. The molecule has 6 heteroatoms. The Morgan fingerprint density at radius 3 is 2.44 bits per heavy atom. The van der Waals surface area contributed by atoms with E-state index in [-0.39, 0.29) is 11.1 Å². The van der Waals surface area contributed by atoms with Gasteiger partial charge in [0.25, 0.3) is 0 Å². The van der Waals surface area contributed by atoms with Gasteiger partial charge >= 0.3 is 0 Å². The van der Waals surface area contributed by atoms with Gasteiger partial charge in [-0.05, 0) is 26.2 Å². The van der Waals surface area contributed by atoms with Crippen LogP contribution in [0.5, 0.6) is 0 Å². The number of nitrogens with one attached hydrogen (secondary N) is 1. The van der Waals surface area contributed by atoms with Crippen LogP contribution in [-0.2, 0) is 14.8 Å². The Morgan fingerprint density at radius 2 is 2.00 bits per heavy atom. The lowest BCUT2D eigenvalue weighted by atomic mass is 10.0. The van der Waals surface area contributed by atoms with Crippen LogP contribution in [0.4, 0.5) is 0 Å². The number of sulfonamides is 1. The first-order valence-corrected chi connectivity index (χ1v) is 7.68. The fraction of sp³-hybridized carbons (Fsp3) is 1.00. The second-order valence-corrected chi connectivity index (χ2v) is 6.73. The second kappa shape index (κ2) is 5.67. The minimum atomic E-state index is -3.28. The molecular formula is C10H20ClNO3S. The monoisotopic (exact) mass is 269 g/mol. The highest BCUT2D eigenvalue weighted by Gasteiger charge is 2.33. The predicted molar refractivity (Wildman–Crippen MR) is 65.3 cm³/mol. The van der Waals surface area contributed by atoms with Crippen LogP contribution >= 0.6 is 11.6 Å². The van der Waals surface area contributed by atoms with E-state index in [1.807, 2.05) is 13.8 Å². The van der Waals surface area contributed by atoms with Gasteiger partial charge in [-0.3, -0.25) is 0 Å². The Bertz CT molecular complexity index is 308. The summed E-state index contributed by atoms with van der Waals surface area (Å²) < 4.78 is 32.1. The third-order valence-electron chi connectivity index (χ3n) is 3.07. The Morgan fingerprint density at radius 1 is 1.44 bits per heavy atom. The van der Waals surface area contributed by atoms with Gasteiger partial charge in [0.2, 0.25) is 10.0 Å². The molecule has 1 atom stereocenters. The fourth-order valence-electron chi connectivity index (χ4n) is 1.61. The van der Waals surface area contributed by atoms with E-state index in [0.717, 1.165) is 0 Å². The summed E-state index contributed by atoms with van der Waals surface area (Å²) in [6.45, 7) is 4.80. The highest BCUT2D eigenvalue weighted by atomic mass is 35.5. The van der Waals surface area contributed by atoms with Gasteiger partial charge in [0.15, 0.2) is 0 Å². The summed E-state index contributed by atoms with van der Waals surface area (Å²) >= 11 is 5.80. The molecule has 1 fully saturated rings. The first kappa shape index (κ1) is 14.2. The molecule has 0 aliphatic carbocycles. The maximum Gasteiger partial charge on any atom is 0.215 e. The molecule has 0 saturated carbocycles. The third kappa shape index (κ3) is 3.58. The van der Waals surface area contributed by atoms with Crippen molar-refractivity contribution < 1.29 is 13.2 Å². The molecule has 0 amide bonds. The third-order valence-corrected chi connectivity index (χ3v) is 5.79. The highest BCUT2D eigenvalue weighted by Crippen LogP contribution is 2.19. The summed E-state index contributed by atoms with van der Waals surface area (Å²) in [6.07, 6.45) is 1.81. The van der Waals surface area contributed by atoms with Crippen LogP contribution in [0.1, 0.15) is 33.1 Å². The standard InChI is InChI=1S/C10H20ClNO3S/c1-3-10(2,8-11)12-16(13,14)9-4-6-15-7-5-9/h9,12H,3-8H2,1-2H3.